The van der Waals surface area contributed by atoms with Crippen molar-refractivity contribution in [1.29, 1.82) is 0 Å². The number of aromatic nitrogens is 2. The highest BCUT2D eigenvalue weighted by atomic mass is 16.5. The normalized spacial score (nSPS) is 14.2. The number of carbonyl (C=O) groups is 1. The molecule has 0 saturated carbocycles. The van der Waals surface area contributed by atoms with Crippen molar-refractivity contribution in [3.63, 3.8) is 0 Å². The molecule has 0 unspecified atom stereocenters. The second-order valence-electron chi connectivity index (χ2n) is 6.12. The number of nitrogens with one attached hydrogen (secondary N) is 1. The number of benzene rings is 1. The molecule has 0 aliphatic carbocycles. The molecule has 0 radical (unpaired) electrons. The number of hydrogen-bond donors (Lipinski definition) is 1. The lowest BCUT2D eigenvalue weighted by atomic mass is 10.1. The van der Waals surface area contributed by atoms with Gasteiger partial charge in [0.2, 0.25) is 5.78 Å². The van der Waals surface area contributed by atoms with Crippen LogP contribution in [0.15, 0.2) is 33.5 Å². The third-order valence-corrected chi connectivity index (χ3v) is 4.45. The number of ether oxygens (including phenoxy) is 2. The van der Waals surface area contributed by atoms with Gasteiger partial charge in [-0.15, -0.1) is 0 Å². The first-order valence-corrected chi connectivity index (χ1v) is 8.52. The lowest BCUT2D eigenvalue weighted by Gasteiger charge is -2.12. The number of fused-ring (bicyclic) bond motifs is 1. The Balaban J connectivity index is 2.18. The van der Waals surface area contributed by atoms with Gasteiger partial charge in [0.1, 0.15) is 11.4 Å². The molecule has 8 heteroatoms. The zero-order valence-electron chi connectivity index (χ0n) is 15.7. The predicted molar refractivity (Wildman–Crippen MR) is 102 cm³/mol. The summed E-state index contributed by atoms with van der Waals surface area (Å²) < 4.78 is 13.0. The Labute approximate surface area is 155 Å². The zero-order chi connectivity index (χ0) is 19.7. The highest BCUT2D eigenvalue weighted by Gasteiger charge is 2.32. The second kappa shape index (κ2) is 7.14. The number of hydrogen-bond acceptors (Lipinski definition) is 6. The van der Waals surface area contributed by atoms with Gasteiger partial charge in [-0.1, -0.05) is 19.1 Å². The summed E-state index contributed by atoms with van der Waals surface area (Å²) in [5.41, 5.74) is -0.286. The molecule has 0 bridgehead atoms. The molecule has 1 aromatic heterocycles. The van der Waals surface area contributed by atoms with E-state index in [0.29, 0.717) is 30.0 Å². The third-order valence-electron chi connectivity index (χ3n) is 4.45. The Hall–Kier alpha value is -3.29. The smallest absolute Gasteiger partial charge is 0.332 e. The van der Waals surface area contributed by atoms with Gasteiger partial charge in [0, 0.05) is 19.2 Å². The van der Waals surface area contributed by atoms with Crippen LogP contribution < -0.4 is 26.0 Å². The van der Waals surface area contributed by atoms with Crippen LogP contribution in [0.25, 0.3) is 6.08 Å². The summed E-state index contributed by atoms with van der Waals surface area (Å²) in [6.45, 7) is 2.31. The van der Waals surface area contributed by atoms with E-state index in [-0.39, 0.29) is 17.1 Å². The number of allylic oxidation sites excluding steroid dienone is 1. The third kappa shape index (κ3) is 2.92. The Morgan fingerprint density at radius 3 is 2.52 bits per heavy atom. The Morgan fingerprint density at radius 2 is 1.89 bits per heavy atom. The minimum atomic E-state index is -0.610. The molecule has 0 spiro atoms. The maximum absolute atomic E-state index is 12.9. The van der Waals surface area contributed by atoms with Crippen LogP contribution >= 0.6 is 0 Å². The first kappa shape index (κ1) is 18.5. The van der Waals surface area contributed by atoms with E-state index in [2.05, 4.69) is 5.32 Å². The van der Waals surface area contributed by atoms with Gasteiger partial charge in [0.25, 0.3) is 5.56 Å². The first-order valence-electron chi connectivity index (χ1n) is 8.52. The standard InChI is InChI=1S/C19H21N3O5/c1-5-9-22-17-14(18(24)21(2)19(22)25)15(23)12(20-17)10-11-7-6-8-13(26-3)16(11)27-4/h6-8,10,20H,5,9H2,1-4H3. The monoisotopic (exact) mass is 371 g/mol. The van der Waals surface area contributed by atoms with Crippen LogP contribution in [0.4, 0.5) is 5.82 Å². The molecular formula is C19H21N3O5. The van der Waals surface area contributed by atoms with E-state index in [1.54, 1.807) is 24.3 Å². The molecule has 1 aromatic carbocycles. The summed E-state index contributed by atoms with van der Waals surface area (Å²) in [4.78, 5) is 37.8. The fraction of sp³-hybridized carbons (Fsp3) is 0.316. The lowest BCUT2D eigenvalue weighted by molar-refractivity contribution is 0.104. The van der Waals surface area contributed by atoms with Gasteiger partial charge in [-0.05, 0) is 18.6 Å². The predicted octanol–water partition coefficient (Wildman–Crippen LogP) is 1.62. The SMILES string of the molecule is CCCn1c2c(c(=O)n(C)c1=O)C(=O)C(=Cc1cccc(OC)c1OC)N2. The van der Waals surface area contributed by atoms with Gasteiger partial charge >= 0.3 is 5.69 Å². The molecule has 1 aliphatic heterocycles. The van der Waals surface area contributed by atoms with Crippen LogP contribution in [0.2, 0.25) is 0 Å². The lowest BCUT2D eigenvalue weighted by Crippen LogP contribution is -2.40. The summed E-state index contributed by atoms with van der Waals surface area (Å²) in [5.74, 6) is 0.772. The molecule has 2 heterocycles. The van der Waals surface area contributed by atoms with Crippen LogP contribution in [-0.4, -0.2) is 29.1 Å². The summed E-state index contributed by atoms with van der Waals surface area (Å²) in [6, 6.07) is 5.28. The minimum absolute atomic E-state index is 0.0290. The first-order chi connectivity index (χ1) is 12.9. The summed E-state index contributed by atoms with van der Waals surface area (Å²) >= 11 is 0. The molecular weight excluding hydrogens is 350 g/mol. The van der Waals surface area contributed by atoms with Crippen LogP contribution in [0.3, 0.4) is 0 Å². The number of ketones is 1. The van der Waals surface area contributed by atoms with Crippen molar-refractivity contribution in [1.82, 2.24) is 9.13 Å². The maximum Gasteiger partial charge on any atom is 0.332 e. The largest absolute Gasteiger partial charge is 0.493 e. The van der Waals surface area contributed by atoms with Gasteiger partial charge < -0.3 is 14.8 Å². The van der Waals surface area contributed by atoms with E-state index in [9.17, 15) is 14.4 Å². The van der Waals surface area contributed by atoms with Gasteiger partial charge in [-0.25, -0.2) is 4.79 Å². The molecule has 0 atom stereocenters. The molecule has 2 aromatic rings. The van der Waals surface area contributed by atoms with Crippen molar-refractivity contribution < 1.29 is 14.3 Å². The summed E-state index contributed by atoms with van der Waals surface area (Å²) in [5, 5.41) is 2.95. The fourth-order valence-electron chi connectivity index (χ4n) is 3.14. The van der Waals surface area contributed by atoms with E-state index in [4.69, 9.17) is 9.47 Å². The van der Waals surface area contributed by atoms with Gasteiger partial charge in [0.15, 0.2) is 11.5 Å². The van der Waals surface area contributed by atoms with E-state index in [1.165, 1.54) is 25.8 Å². The molecule has 0 amide bonds. The fourth-order valence-corrected chi connectivity index (χ4v) is 3.14. The van der Waals surface area contributed by atoms with Crippen LogP contribution in [-0.2, 0) is 13.6 Å². The molecule has 27 heavy (non-hydrogen) atoms. The van der Waals surface area contributed by atoms with E-state index in [1.807, 2.05) is 6.92 Å². The van der Waals surface area contributed by atoms with Crippen LogP contribution in [0, 0.1) is 0 Å². The average Bonchev–Trinajstić information content (AvgIpc) is 2.99. The van der Waals surface area contributed by atoms with Gasteiger partial charge in [0.05, 0.1) is 19.9 Å². The zero-order valence-corrected chi connectivity index (χ0v) is 15.7. The molecule has 3 rings (SSSR count). The number of anilines is 1. The number of methoxy groups -OCH3 is 2. The van der Waals surface area contributed by atoms with Gasteiger partial charge in [-0.3, -0.25) is 18.7 Å². The van der Waals surface area contributed by atoms with Gasteiger partial charge in [-0.2, -0.15) is 0 Å². The van der Waals surface area contributed by atoms with Crippen molar-refractivity contribution in [3.05, 3.63) is 55.9 Å². The van der Waals surface area contributed by atoms with Crippen LogP contribution in [0.1, 0.15) is 29.3 Å². The summed E-state index contributed by atoms with van der Waals surface area (Å²) in [6.07, 6.45) is 2.27. The average molecular weight is 371 g/mol. The number of para-hydroxylation sites is 1. The van der Waals surface area contributed by atoms with Crippen molar-refractivity contribution in [2.45, 2.75) is 19.9 Å². The van der Waals surface area contributed by atoms with E-state index in [0.717, 1.165) is 4.57 Å². The molecule has 142 valence electrons. The van der Waals surface area contributed by atoms with Crippen molar-refractivity contribution in [2.75, 3.05) is 19.5 Å². The minimum Gasteiger partial charge on any atom is -0.493 e. The topological polar surface area (TPSA) is 91.6 Å². The molecule has 1 aliphatic rings. The Morgan fingerprint density at radius 1 is 1.15 bits per heavy atom. The van der Waals surface area contributed by atoms with E-state index >= 15 is 0 Å². The maximum atomic E-state index is 12.9. The molecule has 0 saturated heterocycles. The highest BCUT2D eigenvalue weighted by molar-refractivity contribution is 6.19. The number of rotatable bonds is 5. The quantitative estimate of drug-likeness (QED) is 0.803. The number of nitrogens with zero attached hydrogens (tertiary/aromatic N) is 2. The Kier molecular flexibility index (Phi) is 4.89. The second-order valence-corrected chi connectivity index (χ2v) is 6.12. The Bertz CT molecular complexity index is 1060. The summed E-state index contributed by atoms with van der Waals surface area (Å²) in [7, 11) is 4.40. The molecule has 8 nitrogen and oxygen atoms in total. The van der Waals surface area contributed by atoms with Crippen molar-refractivity contribution >= 4 is 17.7 Å². The van der Waals surface area contributed by atoms with Crippen LogP contribution in [0.5, 0.6) is 11.5 Å². The number of carbonyl (C=O) groups excluding carboxylic acids is 1. The van der Waals surface area contributed by atoms with Crippen molar-refractivity contribution in [3.8, 4) is 11.5 Å². The van der Waals surface area contributed by atoms with E-state index < -0.39 is 17.0 Å². The molecule has 1 N–H and O–H groups in total. The van der Waals surface area contributed by atoms with Crippen molar-refractivity contribution in [2.24, 2.45) is 7.05 Å². The molecule has 0 fully saturated rings. The number of Topliss-reactive ketones (excluding diaryl/α,β-unsaturated/α-hetero) is 1. The highest BCUT2D eigenvalue weighted by Crippen LogP contribution is 2.34.